The number of nitrogens with zero attached hydrogens (tertiary/aromatic N) is 2. The Kier molecular flexibility index (Phi) is 7.62. The molecule has 8 nitrogen and oxygen atoms in total. The molecular weight excluding hydrogens is 450 g/mol. The highest BCUT2D eigenvalue weighted by molar-refractivity contribution is 5.93. The van der Waals surface area contributed by atoms with Gasteiger partial charge in [0.1, 0.15) is 23.0 Å². The SMILES string of the molecule is C=C(CCC(=O)Nc1ccc(OC(F)(F)F)cn1)NC(=O)c1ccc(OC(F)(F)F)cn1. The number of halogens is 6. The number of ether oxygens (including phenoxy) is 2. The summed E-state index contributed by atoms with van der Waals surface area (Å²) < 4.78 is 79.9. The molecule has 0 aliphatic heterocycles. The summed E-state index contributed by atoms with van der Waals surface area (Å²) >= 11 is 0. The minimum atomic E-state index is -4.89. The highest BCUT2D eigenvalue weighted by atomic mass is 19.4. The number of aromatic nitrogens is 2. The molecule has 0 fully saturated rings. The Balaban J connectivity index is 1.78. The topological polar surface area (TPSA) is 102 Å². The average Bonchev–Trinajstić information content (AvgIpc) is 2.66. The summed E-state index contributed by atoms with van der Waals surface area (Å²) in [4.78, 5) is 31.1. The molecule has 2 aromatic rings. The zero-order valence-electron chi connectivity index (χ0n) is 15.9. The molecular formula is C18H14F6N4O4. The third-order valence-electron chi connectivity index (χ3n) is 3.38. The Morgan fingerprint density at radius 1 is 0.875 bits per heavy atom. The summed E-state index contributed by atoms with van der Waals surface area (Å²) in [7, 11) is 0. The first-order valence-corrected chi connectivity index (χ1v) is 8.53. The lowest BCUT2D eigenvalue weighted by molar-refractivity contribution is -0.275. The van der Waals surface area contributed by atoms with Crippen LogP contribution in [0.2, 0.25) is 0 Å². The third-order valence-corrected chi connectivity index (χ3v) is 3.38. The van der Waals surface area contributed by atoms with Crippen molar-refractivity contribution in [2.75, 3.05) is 5.32 Å². The first-order valence-electron chi connectivity index (χ1n) is 8.53. The van der Waals surface area contributed by atoms with Gasteiger partial charge in [-0.3, -0.25) is 9.59 Å². The highest BCUT2D eigenvalue weighted by Crippen LogP contribution is 2.23. The van der Waals surface area contributed by atoms with Gasteiger partial charge in [-0.2, -0.15) is 0 Å². The largest absolute Gasteiger partial charge is 0.573 e. The number of nitrogens with one attached hydrogen (secondary N) is 2. The van der Waals surface area contributed by atoms with Crippen molar-refractivity contribution in [2.45, 2.75) is 25.6 Å². The van der Waals surface area contributed by atoms with Crippen molar-refractivity contribution >= 4 is 17.6 Å². The van der Waals surface area contributed by atoms with E-state index < -0.39 is 36.0 Å². The molecule has 2 amide bonds. The summed E-state index contributed by atoms with van der Waals surface area (Å²) in [6, 6.07) is 3.98. The van der Waals surface area contributed by atoms with Crippen molar-refractivity contribution in [2.24, 2.45) is 0 Å². The van der Waals surface area contributed by atoms with Gasteiger partial charge in [-0.15, -0.1) is 26.3 Å². The molecule has 0 bridgehead atoms. The molecule has 0 spiro atoms. The van der Waals surface area contributed by atoms with Gasteiger partial charge < -0.3 is 20.1 Å². The lowest BCUT2D eigenvalue weighted by Crippen LogP contribution is -2.24. The van der Waals surface area contributed by atoms with E-state index in [-0.39, 0.29) is 30.1 Å². The van der Waals surface area contributed by atoms with Crippen LogP contribution < -0.4 is 20.1 Å². The van der Waals surface area contributed by atoms with Crippen LogP contribution in [-0.2, 0) is 4.79 Å². The van der Waals surface area contributed by atoms with E-state index in [9.17, 15) is 35.9 Å². The van der Waals surface area contributed by atoms with Crippen LogP contribution in [0, 0.1) is 0 Å². The van der Waals surface area contributed by atoms with Crippen LogP contribution in [0.5, 0.6) is 11.5 Å². The van der Waals surface area contributed by atoms with Gasteiger partial charge in [-0.25, -0.2) is 9.97 Å². The summed E-state index contributed by atoms with van der Waals surface area (Å²) in [5, 5.41) is 4.67. The van der Waals surface area contributed by atoms with E-state index in [4.69, 9.17) is 0 Å². The van der Waals surface area contributed by atoms with Gasteiger partial charge in [0, 0.05) is 12.1 Å². The number of carbonyl (C=O) groups is 2. The minimum absolute atomic E-state index is 0.0118. The number of carbonyl (C=O) groups excluding carboxylic acids is 2. The molecule has 2 heterocycles. The van der Waals surface area contributed by atoms with Crippen molar-refractivity contribution in [3.8, 4) is 11.5 Å². The van der Waals surface area contributed by atoms with Gasteiger partial charge in [0.2, 0.25) is 5.91 Å². The second-order valence-electron chi connectivity index (χ2n) is 5.96. The lowest BCUT2D eigenvalue weighted by Gasteiger charge is -2.10. The predicted octanol–water partition coefficient (Wildman–Crippen LogP) is 3.94. The summed E-state index contributed by atoms with van der Waals surface area (Å²) in [6.07, 6.45) is -8.44. The number of anilines is 1. The van der Waals surface area contributed by atoms with Crippen LogP contribution >= 0.6 is 0 Å². The highest BCUT2D eigenvalue weighted by Gasteiger charge is 2.32. The van der Waals surface area contributed by atoms with E-state index in [1.54, 1.807) is 0 Å². The van der Waals surface area contributed by atoms with E-state index >= 15 is 0 Å². The third kappa shape index (κ3) is 8.89. The normalized spacial score (nSPS) is 11.4. The number of pyridine rings is 2. The minimum Gasteiger partial charge on any atom is -0.404 e. The van der Waals surface area contributed by atoms with Crippen LogP contribution in [0.25, 0.3) is 0 Å². The van der Waals surface area contributed by atoms with Gasteiger partial charge >= 0.3 is 12.7 Å². The number of hydrogen-bond acceptors (Lipinski definition) is 6. The van der Waals surface area contributed by atoms with Crippen molar-refractivity contribution < 1.29 is 45.4 Å². The molecule has 2 aromatic heterocycles. The van der Waals surface area contributed by atoms with Crippen LogP contribution in [0.4, 0.5) is 32.2 Å². The molecule has 0 aromatic carbocycles. The zero-order chi connectivity index (χ0) is 23.9. The predicted molar refractivity (Wildman–Crippen MR) is 96.3 cm³/mol. The monoisotopic (exact) mass is 464 g/mol. The molecule has 0 saturated heterocycles. The maximum absolute atomic E-state index is 12.1. The van der Waals surface area contributed by atoms with Gasteiger partial charge in [-0.1, -0.05) is 6.58 Å². The number of alkyl halides is 6. The Morgan fingerprint density at radius 3 is 1.91 bits per heavy atom. The Labute approximate surface area is 176 Å². The number of amides is 2. The molecule has 0 aliphatic rings. The van der Waals surface area contributed by atoms with E-state index in [0.717, 1.165) is 36.7 Å². The second kappa shape index (κ2) is 9.98. The van der Waals surface area contributed by atoms with Crippen molar-refractivity contribution in [1.82, 2.24) is 15.3 Å². The van der Waals surface area contributed by atoms with E-state index in [1.807, 2.05) is 0 Å². The second-order valence-corrected chi connectivity index (χ2v) is 5.96. The van der Waals surface area contributed by atoms with Crippen LogP contribution in [0.15, 0.2) is 48.9 Å². The quantitative estimate of drug-likeness (QED) is 0.574. The fourth-order valence-electron chi connectivity index (χ4n) is 2.11. The maximum Gasteiger partial charge on any atom is 0.573 e. The molecule has 0 aliphatic carbocycles. The Morgan fingerprint density at radius 2 is 1.44 bits per heavy atom. The van der Waals surface area contributed by atoms with Crippen LogP contribution in [0.1, 0.15) is 23.3 Å². The number of rotatable bonds is 8. The molecule has 2 N–H and O–H groups in total. The molecule has 0 unspecified atom stereocenters. The van der Waals surface area contributed by atoms with Crippen molar-refractivity contribution in [1.29, 1.82) is 0 Å². The molecule has 2 rings (SSSR count). The molecule has 14 heteroatoms. The van der Waals surface area contributed by atoms with E-state index in [2.05, 4.69) is 36.7 Å². The lowest BCUT2D eigenvalue weighted by atomic mass is 10.2. The fourth-order valence-corrected chi connectivity index (χ4v) is 2.11. The van der Waals surface area contributed by atoms with E-state index in [1.165, 1.54) is 0 Å². The molecule has 0 saturated carbocycles. The summed E-state index contributed by atoms with van der Waals surface area (Å²) in [5.41, 5.74) is -0.0973. The first kappa shape index (κ1) is 24.4. The molecule has 0 atom stereocenters. The van der Waals surface area contributed by atoms with Gasteiger partial charge in [0.15, 0.2) is 0 Å². The van der Waals surface area contributed by atoms with Crippen molar-refractivity contribution in [3.05, 3.63) is 54.6 Å². The van der Waals surface area contributed by atoms with E-state index in [0.29, 0.717) is 0 Å². The number of allylic oxidation sites excluding steroid dienone is 1. The molecule has 172 valence electrons. The molecule has 32 heavy (non-hydrogen) atoms. The Bertz CT molecular complexity index is 959. The first-order chi connectivity index (χ1) is 14.8. The van der Waals surface area contributed by atoms with Crippen LogP contribution in [-0.4, -0.2) is 34.5 Å². The van der Waals surface area contributed by atoms with Gasteiger partial charge in [-0.05, 0) is 30.7 Å². The smallest absolute Gasteiger partial charge is 0.404 e. The summed E-state index contributed by atoms with van der Waals surface area (Å²) in [5.74, 6) is -2.51. The zero-order valence-corrected chi connectivity index (χ0v) is 15.9. The van der Waals surface area contributed by atoms with Crippen LogP contribution in [0.3, 0.4) is 0 Å². The van der Waals surface area contributed by atoms with Crippen molar-refractivity contribution in [3.63, 3.8) is 0 Å². The number of hydrogen-bond donors (Lipinski definition) is 2. The van der Waals surface area contributed by atoms with Gasteiger partial charge in [0.25, 0.3) is 5.91 Å². The molecule has 0 radical (unpaired) electrons. The Hall–Kier alpha value is -3.84. The van der Waals surface area contributed by atoms with Gasteiger partial charge in [0.05, 0.1) is 12.4 Å². The summed E-state index contributed by atoms with van der Waals surface area (Å²) in [6.45, 7) is 3.56. The standard InChI is InChI=1S/C18H14F6N4O4/c1-10(27-16(30)13-5-3-11(8-25-13)31-17(19,20)21)2-7-15(29)28-14-6-4-12(9-26-14)32-18(22,23)24/h3-6,8-9H,1-2,7H2,(H,27,30)(H,26,28,29). The fraction of sp³-hybridized carbons (Fsp3) is 0.222. The average molecular weight is 464 g/mol. The maximum atomic E-state index is 12.1.